The Morgan fingerprint density at radius 3 is 2.13 bits per heavy atom. The molecule has 10 aromatic rings. The Bertz CT molecular complexity index is 3700. The minimum Gasteiger partial charge on any atom is -0.510 e. The minimum atomic E-state index is -0.566. The zero-order valence-corrected chi connectivity index (χ0v) is 34.2. The molecule has 3 aromatic heterocycles. The first kappa shape index (κ1) is 27.3. The molecule has 4 heterocycles. The Labute approximate surface area is 377 Å². The maximum absolute atomic E-state index is 9.01. The van der Waals surface area contributed by atoms with Gasteiger partial charge in [-0.2, -0.15) is 18.2 Å². The van der Waals surface area contributed by atoms with Crippen molar-refractivity contribution in [2.24, 2.45) is 0 Å². The van der Waals surface area contributed by atoms with Gasteiger partial charge in [0.1, 0.15) is 5.82 Å². The number of benzene rings is 7. The van der Waals surface area contributed by atoms with Crippen molar-refractivity contribution >= 4 is 32.8 Å². The van der Waals surface area contributed by atoms with Crippen molar-refractivity contribution in [2.75, 3.05) is 0 Å². The van der Waals surface area contributed by atoms with E-state index in [0.717, 1.165) is 40.5 Å². The molecule has 1 saturated carbocycles. The van der Waals surface area contributed by atoms with E-state index in [1.165, 1.54) is 30.4 Å². The number of fused-ring (bicyclic) bond motifs is 8. The van der Waals surface area contributed by atoms with E-state index in [-0.39, 0.29) is 54.4 Å². The largest absolute Gasteiger partial charge is 0.510 e. The fraction of sp³-hybridized carbons (Fsp3) is 0.111. The van der Waals surface area contributed by atoms with Crippen molar-refractivity contribution in [3.63, 3.8) is 0 Å². The molecule has 0 amide bonds. The Morgan fingerprint density at radius 1 is 0.650 bits per heavy atom. The molecule has 6 heteroatoms. The molecule has 292 valence electrons. The van der Waals surface area contributed by atoms with Crippen LogP contribution in [0.2, 0.25) is 0 Å². The number of imidazole rings is 1. The van der Waals surface area contributed by atoms with Crippen molar-refractivity contribution in [3.8, 4) is 50.9 Å². The van der Waals surface area contributed by atoms with Crippen molar-refractivity contribution in [3.05, 3.63) is 199 Å². The van der Waals surface area contributed by atoms with Gasteiger partial charge in [0.25, 0.3) is 6.33 Å². The zero-order chi connectivity index (χ0) is 47.6. The van der Waals surface area contributed by atoms with Crippen LogP contribution in [-0.2, 0) is 26.5 Å². The van der Waals surface area contributed by atoms with Gasteiger partial charge in [0.15, 0.2) is 0 Å². The first-order chi connectivity index (χ1) is 33.4. The molecule has 0 bridgehead atoms. The predicted molar refractivity (Wildman–Crippen MR) is 235 cm³/mol. The van der Waals surface area contributed by atoms with Crippen LogP contribution in [0, 0.1) is 18.5 Å². The SMILES string of the molecule is [2H]c1c([2H])c([2H])c(-c2cccc(-c3c([2H])c([2H])c([2H])c([2H])c3[2H])c2-[n+]2[c-]n(-c3[c-]c(Oc4[c-]c5c(cc4)c4cccc6c4n5-c4ncccc4C64CCCCC4)ccc3)c3ccccc32)c([2H])c1[2H].[Pt]. The van der Waals surface area contributed by atoms with Gasteiger partial charge in [-0.25, -0.2) is 4.98 Å². The van der Waals surface area contributed by atoms with E-state index in [9.17, 15) is 0 Å². The second-order valence-electron chi connectivity index (χ2n) is 15.1. The summed E-state index contributed by atoms with van der Waals surface area (Å²) in [6, 6.07) is 34.3. The third kappa shape index (κ3) is 5.63. The smallest absolute Gasteiger partial charge is 0.268 e. The number of hydrogen-bond acceptors (Lipinski definition) is 2. The predicted octanol–water partition coefficient (Wildman–Crippen LogP) is 12.5. The van der Waals surface area contributed by atoms with Crippen LogP contribution in [0.25, 0.3) is 72.3 Å². The topological polar surface area (TPSA) is 35.9 Å². The molecule has 7 aromatic carbocycles. The summed E-state index contributed by atoms with van der Waals surface area (Å²) in [5, 5.41) is 2.19. The zero-order valence-electron chi connectivity index (χ0n) is 41.9. The van der Waals surface area contributed by atoms with Crippen LogP contribution in [0.1, 0.15) is 56.9 Å². The number of nitrogens with zero attached hydrogens (tertiary/aromatic N) is 4. The van der Waals surface area contributed by atoms with E-state index in [1.54, 1.807) is 33.4 Å². The number of rotatable bonds is 6. The summed E-state index contributed by atoms with van der Waals surface area (Å²) in [6.07, 6.45) is 11.0. The van der Waals surface area contributed by atoms with E-state index >= 15 is 0 Å². The van der Waals surface area contributed by atoms with E-state index in [0.29, 0.717) is 28.2 Å². The number of para-hydroxylation sites is 4. The number of aromatic nitrogens is 4. The van der Waals surface area contributed by atoms with Crippen LogP contribution >= 0.6 is 0 Å². The fourth-order valence-electron chi connectivity index (χ4n) is 9.52. The molecule has 2 aliphatic rings. The fourth-order valence-corrected chi connectivity index (χ4v) is 9.52. The van der Waals surface area contributed by atoms with Crippen LogP contribution in [0.3, 0.4) is 0 Å². The van der Waals surface area contributed by atoms with Crippen molar-refractivity contribution in [2.45, 2.75) is 37.5 Å². The summed E-state index contributed by atoms with van der Waals surface area (Å²) < 4.78 is 99.1. The van der Waals surface area contributed by atoms with Gasteiger partial charge in [0.2, 0.25) is 0 Å². The van der Waals surface area contributed by atoms with Gasteiger partial charge in [-0.3, -0.25) is 4.57 Å². The number of pyridine rings is 1. The van der Waals surface area contributed by atoms with Gasteiger partial charge >= 0.3 is 0 Å². The van der Waals surface area contributed by atoms with Gasteiger partial charge < -0.3 is 13.9 Å². The summed E-state index contributed by atoms with van der Waals surface area (Å²) in [5.74, 6) is 1.78. The monoisotopic (exact) mass is 963 g/mol. The third-order valence-corrected chi connectivity index (χ3v) is 12.0. The van der Waals surface area contributed by atoms with Crippen LogP contribution in [0.5, 0.6) is 11.5 Å². The van der Waals surface area contributed by atoms with Crippen LogP contribution in [0.4, 0.5) is 0 Å². The second kappa shape index (κ2) is 14.6. The van der Waals surface area contributed by atoms with Crippen LogP contribution < -0.4 is 9.30 Å². The van der Waals surface area contributed by atoms with Crippen LogP contribution in [0.15, 0.2) is 170 Å². The molecular formula is C54H38N4OPt-2. The van der Waals surface area contributed by atoms with Crippen molar-refractivity contribution in [1.82, 2.24) is 14.1 Å². The molecule has 0 unspecified atom stereocenters. The molecule has 1 aliphatic carbocycles. The van der Waals surface area contributed by atoms with E-state index in [4.69, 9.17) is 23.4 Å². The Hall–Kier alpha value is -6.55. The van der Waals surface area contributed by atoms with Gasteiger partial charge in [0.05, 0.1) is 30.4 Å². The molecule has 0 radical (unpaired) electrons. The summed E-state index contributed by atoms with van der Waals surface area (Å²) >= 11 is 0. The first-order valence-corrected chi connectivity index (χ1v) is 19.8. The summed E-state index contributed by atoms with van der Waals surface area (Å²) in [4.78, 5) is 5.01. The van der Waals surface area contributed by atoms with E-state index < -0.39 is 60.4 Å². The first-order valence-electron chi connectivity index (χ1n) is 24.8. The molecule has 1 fully saturated rings. The maximum atomic E-state index is 9.01. The normalized spacial score (nSPS) is 16.3. The third-order valence-electron chi connectivity index (χ3n) is 12.0. The van der Waals surface area contributed by atoms with E-state index in [1.807, 2.05) is 54.7 Å². The number of hydrogen-bond donors (Lipinski definition) is 0. The second-order valence-corrected chi connectivity index (χ2v) is 15.1. The molecule has 0 saturated heterocycles. The average Bonchev–Trinajstić information content (AvgIpc) is 3.92. The summed E-state index contributed by atoms with van der Waals surface area (Å²) in [7, 11) is 0. The number of ether oxygens (including phenoxy) is 1. The summed E-state index contributed by atoms with van der Waals surface area (Å²) in [5.41, 5.74) is 6.40. The molecule has 0 atom stereocenters. The molecular weight excluding hydrogens is 916 g/mol. The molecule has 12 rings (SSSR count). The quantitative estimate of drug-likeness (QED) is 0.123. The van der Waals surface area contributed by atoms with Gasteiger partial charge in [0, 0.05) is 55.3 Å². The molecule has 5 nitrogen and oxygen atoms in total. The Morgan fingerprint density at radius 2 is 1.35 bits per heavy atom. The van der Waals surface area contributed by atoms with E-state index in [2.05, 4.69) is 53.4 Å². The Balaban J connectivity index is 0.00000533. The minimum absolute atomic E-state index is 0. The standard InChI is InChI=1S/C54H38N4O.Pt/c1-4-16-37(17-5-1)42-22-13-23-43(38-18-6-2-7-19-38)51(42)57-36-56(48-27-8-9-28-49(48)57)39-20-12-21-40(34-39)59-41-29-30-44-45-24-14-25-46-52(45)58(50(44)35-41)53-47(26-15-33-55-53)54(46)31-10-3-11-32-54;/h1-2,4-9,12-30,33H,3,10-11,31-32H2;/q-2;/i1D,2D,4D,5D,6D,7D,16D,17D,18D,19D;. The van der Waals surface area contributed by atoms with Gasteiger partial charge in [-0.1, -0.05) is 152 Å². The molecule has 0 N–H and O–H groups in total. The van der Waals surface area contributed by atoms with Crippen LogP contribution in [-0.4, -0.2) is 14.1 Å². The molecule has 1 spiro atoms. The maximum Gasteiger partial charge on any atom is 0.268 e. The Kier molecular flexibility index (Phi) is 6.64. The van der Waals surface area contributed by atoms with Gasteiger partial charge in [-0.05, 0) is 57.8 Å². The molecule has 1 aliphatic heterocycles. The van der Waals surface area contributed by atoms with Crippen molar-refractivity contribution < 1.29 is 44.1 Å². The van der Waals surface area contributed by atoms with Crippen molar-refractivity contribution in [1.29, 1.82) is 0 Å². The molecule has 60 heavy (non-hydrogen) atoms. The van der Waals surface area contributed by atoms with Gasteiger partial charge in [-0.15, -0.1) is 29.7 Å². The average molecular weight is 964 g/mol. The summed E-state index contributed by atoms with van der Waals surface area (Å²) in [6.45, 7) is 0.